The number of hydrogen-bond acceptors (Lipinski definition) is 5. The van der Waals surface area contributed by atoms with E-state index in [2.05, 4.69) is 10.6 Å². The molecule has 3 N–H and O–H groups in total. The number of amides is 2. The van der Waals surface area contributed by atoms with Gasteiger partial charge in [0, 0.05) is 19.1 Å². The summed E-state index contributed by atoms with van der Waals surface area (Å²) in [6.07, 6.45) is -1.44. The first-order valence-electron chi connectivity index (χ1n) is 11.4. The summed E-state index contributed by atoms with van der Waals surface area (Å²) in [6.45, 7) is -0.179. The van der Waals surface area contributed by atoms with Gasteiger partial charge in [-0.05, 0) is 28.7 Å². The Morgan fingerprint density at radius 3 is 2.29 bits per heavy atom. The van der Waals surface area contributed by atoms with Gasteiger partial charge in [0.15, 0.2) is 6.10 Å². The van der Waals surface area contributed by atoms with Gasteiger partial charge in [-0.2, -0.15) is 0 Å². The number of rotatable bonds is 7. The van der Waals surface area contributed by atoms with Crippen molar-refractivity contribution in [1.29, 1.82) is 0 Å². The molecule has 0 spiro atoms. The molecule has 10 heteroatoms. The molecule has 3 aliphatic rings. The minimum Gasteiger partial charge on any atom is -0.481 e. The van der Waals surface area contributed by atoms with Crippen LogP contribution in [0, 0.1) is 11.8 Å². The number of aliphatic carboxylic acids is 1. The number of halogens is 2. The van der Waals surface area contributed by atoms with Crippen LogP contribution in [0.2, 0.25) is 0 Å². The number of alkyl carbamates (subject to hydrolysis) is 1. The van der Waals surface area contributed by atoms with Crippen LogP contribution in [-0.4, -0.2) is 60.9 Å². The van der Waals surface area contributed by atoms with Crippen LogP contribution in [0.5, 0.6) is 0 Å². The topological polar surface area (TPSA) is 114 Å². The van der Waals surface area contributed by atoms with Gasteiger partial charge >= 0.3 is 12.1 Å². The Balaban J connectivity index is 1.15. The zero-order chi connectivity index (χ0) is 24.7. The van der Waals surface area contributed by atoms with Gasteiger partial charge in [0.25, 0.3) is 11.8 Å². The summed E-state index contributed by atoms with van der Waals surface area (Å²) >= 11 is 0. The molecule has 1 heterocycles. The summed E-state index contributed by atoms with van der Waals surface area (Å²) in [5.74, 6) is -9.01. The van der Waals surface area contributed by atoms with Crippen molar-refractivity contribution in [1.82, 2.24) is 10.6 Å². The lowest BCUT2D eigenvalue weighted by molar-refractivity contribution is -0.141. The largest absolute Gasteiger partial charge is 0.481 e. The van der Waals surface area contributed by atoms with Crippen LogP contribution in [0.3, 0.4) is 0 Å². The van der Waals surface area contributed by atoms with Gasteiger partial charge < -0.3 is 25.2 Å². The van der Waals surface area contributed by atoms with E-state index in [4.69, 9.17) is 14.6 Å². The van der Waals surface area contributed by atoms with Crippen molar-refractivity contribution >= 4 is 18.0 Å². The van der Waals surface area contributed by atoms with Gasteiger partial charge in [-0.25, -0.2) is 13.6 Å². The van der Waals surface area contributed by atoms with Crippen LogP contribution in [-0.2, 0) is 19.1 Å². The fourth-order valence-electron chi connectivity index (χ4n) is 5.08. The summed E-state index contributed by atoms with van der Waals surface area (Å²) in [6, 6.07) is 15.2. The molecule has 35 heavy (non-hydrogen) atoms. The van der Waals surface area contributed by atoms with Crippen molar-refractivity contribution in [3.8, 4) is 11.1 Å². The highest BCUT2D eigenvalue weighted by Gasteiger charge is 2.72. The Morgan fingerprint density at radius 1 is 1.06 bits per heavy atom. The van der Waals surface area contributed by atoms with Gasteiger partial charge in [-0.3, -0.25) is 9.59 Å². The van der Waals surface area contributed by atoms with Gasteiger partial charge in [-0.1, -0.05) is 48.5 Å². The molecule has 5 rings (SSSR count). The van der Waals surface area contributed by atoms with E-state index in [0.29, 0.717) is 6.42 Å². The highest BCUT2D eigenvalue weighted by atomic mass is 19.3. The number of carboxylic acid groups (broad SMARTS) is 1. The standard InChI is InChI=1S/C25H24F2N2O6/c26-25(27)18(20(25)23(31)32)11-28-22(30)21-19(9-10-34-21)29-24(33)35-12-17-15-7-3-1-5-13(15)14-6-2-4-8-16(14)17/h1-8,17-21H,9-12H2,(H,28,30)(H,29,33)(H,31,32)/t18-,19+,20-,21-/m0/s1. The maximum absolute atomic E-state index is 13.5. The molecule has 1 saturated heterocycles. The Morgan fingerprint density at radius 2 is 1.69 bits per heavy atom. The molecule has 8 nitrogen and oxygen atoms in total. The molecular weight excluding hydrogens is 462 g/mol. The van der Waals surface area contributed by atoms with Crippen LogP contribution in [0.15, 0.2) is 48.5 Å². The zero-order valence-corrected chi connectivity index (χ0v) is 18.6. The Hall–Kier alpha value is -3.53. The lowest BCUT2D eigenvalue weighted by atomic mass is 9.98. The minimum absolute atomic E-state index is 0.109. The second-order valence-electron chi connectivity index (χ2n) is 9.00. The van der Waals surface area contributed by atoms with Crippen molar-refractivity contribution in [2.45, 2.75) is 30.4 Å². The first kappa shape index (κ1) is 23.2. The SMILES string of the molecule is O=C(N[C@@H]1CCO[C@@H]1C(=O)NC[C@H]1[C@@H](C(=O)O)C1(F)F)OCC1c2ccccc2-c2ccccc21. The molecule has 1 aliphatic heterocycles. The summed E-state index contributed by atoms with van der Waals surface area (Å²) in [7, 11) is 0. The normalized spacial score (nSPS) is 25.9. The van der Waals surface area contributed by atoms with E-state index in [1.54, 1.807) is 0 Å². The van der Waals surface area contributed by atoms with Gasteiger partial charge in [0.1, 0.15) is 12.5 Å². The molecule has 4 atom stereocenters. The fourth-order valence-corrected chi connectivity index (χ4v) is 5.08. The van der Waals surface area contributed by atoms with Crippen LogP contribution in [0.1, 0.15) is 23.5 Å². The number of carbonyl (C=O) groups is 3. The molecule has 2 fully saturated rings. The fraction of sp³-hybridized carbons (Fsp3) is 0.400. The maximum atomic E-state index is 13.5. The van der Waals surface area contributed by atoms with Crippen molar-refractivity contribution in [2.75, 3.05) is 19.8 Å². The number of carbonyl (C=O) groups excluding carboxylic acids is 2. The van der Waals surface area contributed by atoms with Crippen molar-refractivity contribution in [3.05, 3.63) is 59.7 Å². The van der Waals surface area contributed by atoms with E-state index in [0.717, 1.165) is 22.3 Å². The molecule has 0 unspecified atom stereocenters. The van der Waals surface area contributed by atoms with Crippen LogP contribution in [0.25, 0.3) is 11.1 Å². The predicted octanol–water partition coefficient (Wildman–Crippen LogP) is 2.76. The molecule has 2 aliphatic carbocycles. The first-order valence-corrected chi connectivity index (χ1v) is 11.4. The summed E-state index contributed by atoms with van der Waals surface area (Å²) in [4.78, 5) is 35.9. The van der Waals surface area contributed by atoms with Crippen molar-refractivity contribution in [3.63, 3.8) is 0 Å². The quantitative estimate of drug-likeness (QED) is 0.555. The summed E-state index contributed by atoms with van der Waals surface area (Å²) < 4.78 is 38.0. The molecule has 0 aromatic heterocycles. The number of fused-ring (bicyclic) bond motifs is 3. The number of hydrogen-bond donors (Lipinski definition) is 3. The molecular formula is C25H24F2N2O6. The monoisotopic (exact) mass is 486 g/mol. The molecule has 2 aromatic rings. The Labute approximate surface area is 199 Å². The average molecular weight is 486 g/mol. The highest BCUT2D eigenvalue weighted by Crippen LogP contribution is 2.54. The van der Waals surface area contributed by atoms with Crippen LogP contribution in [0.4, 0.5) is 13.6 Å². The highest BCUT2D eigenvalue weighted by molar-refractivity contribution is 5.83. The number of benzene rings is 2. The third-order valence-corrected chi connectivity index (χ3v) is 6.96. The van der Waals surface area contributed by atoms with E-state index in [9.17, 15) is 23.2 Å². The zero-order valence-electron chi connectivity index (χ0n) is 18.6. The van der Waals surface area contributed by atoms with E-state index >= 15 is 0 Å². The predicted molar refractivity (Wildman–Crippen MR) is 119 cm³/mol. The van der Waals surface area contributed by atoms with Gasteiger partial charge in [-0.15, -0.1) is 0 Å². The van der Waals surface area contributed by atoms with E-state index in [1.807, 2.05) is 48.5 Å². The van der Waals surface area contributed by atoms with E-state index in [1.165, 1.54) is 0 Å². The minimum atomic E-state index is -3.35. The van der Waals surface area contributed by atoms with Crippen molar-refractivity contribution < 1.29 is 37.7 Å². The third kappa shape index (κ3) is 4.22. The van der Waals surface area contributed by atoms with Crippen LogP contribution >= 0.6 is 0 Å². The van der Waals surface area contributed by atoms with Crippen molar-refractivity contribution in [2.24, 2.45) is 11.8 Å². The van der Waals surface area contributed by atoms with Gasteiger partial charge in [0.05, 0.1) is 12.0 Å². The van der Waals surface area contributed by atoms with E-state index in [-0.39, 0.29) is 19.1 Å². The summed E-state index contributed by atoms with van der Waals surface area (Å²) in [5.41, 5.74) is 4.34. The summed E-state index contributed by atoms with van der Waals surface area (Å²) in [5, 5.41) is 13.8. The average Bonchev–Trinajstić information content (AvgIpc) is 3.13. The third-order valence-electron chi connectivity index (χ3n) is 6.96. The number of nitrogens with one attached hydrogen (secondary N) is 2. The Kier molecular flexibility index (Phi) is 5.92. The number of alkyl halides is 2. The number of carboxylic acids is 1. The Bertz CT molecular complexity index is 1130. The lowest BCUT2D eigenvalue weighted by Crippen LogP contribution is -2.49. The van der Waals surface area contributed by atoms with Crippen LogP contribution < -0.4 is 10.6 Å². The first-order chi connectivity index (χ1) is 16.8. The van der Waals surface area contributed by atoms with Gasteiger partial charge in [0.2, 0.25) is 0 Å². The second kappa shape index (κ2) is 8.92. The van der Waals surface area contributed by atoms with E-state index < -0.39 is 54.4 Å². The lowest BCUT2D eigenvalue weighted by Gasteiger charge is -2.20. The molecule has 184 valence electrons. The second-order valence-corrected chi connectivity index (χ2v) is 9.00. The molecule has 0 radical (unpaired) electrons. The molecule has 1 saturated carbocycles. The smallest absolute Gasteiger partial charge is 0.407 e. The molecule has 0 bridgehead atoms. The number of ether oxygens (including phenoxy) is 2. The molecule has 2 amide bonds. The maximum Gasteiger partial charge on any atom is 0.407 e. The molecule has 2 aromatic carbocycles.